The van der Waals surface area contributed by atoms with Crippen molar-refractivity contribution >= 4 is 5.78 Å². The number of nitrogens with zero attached hydrogens (tertiary/aromatic N) is 3. The molecule has 0 aromatic heterocycles. The van der Waals surface area contributed by atoms with Gasteiger partial charge in [-0.05, 0) is 17.4 Å². The van der Waals surface area contributed by atoms with Crippen LogP contribution in [0, 0.1) is 11.3 Å². The van der Waals surface area contributed by atoms with Gasteiger partial charge in [0.15, 0.2) is 5.79 Å². The van der Waals surface area contributed by atoms with E-state index in [0.717, 1.165) is 0 Å². The third-order valence-corrected chi connectivity index (χ3v) is 4.22. The van der Waals surface area contributed by atoms with Gasteiger partial charge in [0, 0.05) is 23.7 Å². The summed E-state index contributed by atoms with van der Waals surface area (Å²) in [5, 5.41) is 3.37. The maximum atomic E-state index is 12.1. The Morgan fingerprint density at radius 1 is 1.58 bits per heavy atom. The average molecular weight is 265 g/mol. The van der Waals surface area contributed by atoms with Gasteiger partial charge in [0.2, 0.25) is 0 Å². The molecule has 1 saturated heterocycles. The number of allylic oxidation sites excluding steroid dienone is 1. The number of carbonyl (C=O) groups is 1. The summed E-state index contributed by atoms with van der Waals surface area (Å²) in [6, 6.07) is 0. The smallest absolute Gasteiger partial charge is 0.169 e. The highest BCUT2D eigenvalue weighted by atomic mass is 16.7. The van der Waals surface area contributed by atoms with Crippen molar-refractivity contribution in [1.29, 1.82) is 0 Å². The Morgan fingerprint density at radius 3 is 2.84 bits per heavy atom. The van der Waals surface area contributed by atoms with Crippen molar-refractivity contribution in [3.63, 3.8) is 0 Å². The summed E-state index contributed by atoms with van der Waals surface area (Å²) in [6.45, 7) is 6.95. The maximum absolute atomic E-state index is 12.1. The summed E-state index contributed by atoms with van der Waals surface area (Å²) in [5.41, 5.74) is 7.93. The number of azide groups is 1. The van der Waals surface area contributed by atoms with Crippen molar-refractivity contribution in [2.45, 2.75) is 32.0 Å². The minimum Gasteiger partial charge on any atom is -0.348 e. The molecule has 0 radical (unpaired) electrons. The molecule has 1 aliphatic carbocycles. The van der Waals surface area contributed by atoms with E-state index >= 15 is 0 Å². The second-order valence-electron chi connectivity index (χ2n) is 5.44. The summed E-state index contributed by atoms with van der Waals surface area (Å²) in [4.78, 5) is 14.8. The molecule has 1 aliphatic heterocycles. The van der Waals surface area contributed by atoms with E-state index in [9.17, 15) is 4.79 Å². The Kier molecular flexibility index (Phi) is 3.94. The Bertz CT molecular complexity index is 425. The van der Waals surface area contributed by atoms with E-state index in [1.165, 1.54) is 0 Å². The fourth-order valence-corrected chi connectivity index (χ4v) is 3.18. The van der Waals surface area contributed by atoms with Crippen LogP contribution >= 0.6 is 0 Å². The second-order valence-corrected chi connectivity index (χ2v) is 5.44. The molecule has 0 N–H and O–H groups in total. The van der Waals surface area contributed by atoms with Crippen molar-refractivity contribution in [2.24, 2.45) is 16.4 Å². The molecule has 0 aromatic carbocycles. The quantitative estimate of drug-likeness (QED) is 0.339. The van der Waals surface area contributed by atoms with Gasteiger partial charge in [-0.3, -0.25) is 4.79 Å². The predicted octanol–water partition coefficient (Wildman–Crippen LogP) is 2.60. The van der Waals surface area contributed by atoms with Crippen LogP contribution in [0.25, 0.3) is 10.4 Å². The van der Waals surface area contributed by atoms with Gasteiger partial charge in [-0.2, -0.15) is 0 Å². The minimum atomic E-state index is -0.557. The molecule has 2 atom stereocenters. The number of carbonyl (C=O) groups excluding carboxylic acids is 1. The molecule has 1 heterocycles. The largest absolute Gasteiger partial charge is 0.348 e. The molecule has 0 unspecified atom stereocenters. The highest BCUT2D eigenvalue weighted by Gasteiger charge is 2.51. The third kappa shape index (κ3) is 2.66. The van der Waals surface area contributed by atoms with Crippen LogP contribution in [0.2, 0.25) is 0 Å². The van der Waals surface area contributed by atoms with Crippen molar-refractivity contribution in [3.05, 3.63) is 23.1 Å². The van der Waals surface area contributed by atoms with Crippen molar-refractivity contribution in [1.82, 2.24) is 0 Å². The Hall–Kier alpha value is -1.36. The number of hydrogen-bond donors (Lipinski definition) is 0. The monoisotopic (exact) mass is 265 g/mol. The molecule has 1 spiro atoms. The topological polar surface area (TPSA) is 84.3 Å². The van der Waals surface area contributed by atoms with Gasteiger partial charge in [-0.1, -0.05) is 18.1 Å². The fraction of sp³-hybridized carbons (Fsp3) is 0.769. The van der Waals surface area contributed by atoms with Crippen LogP contribution in [0.5, 0.6) is 0 Å². The van der Waals surface area contributed by atoms with Crippen molar-refractivity contribution in [3.8, 4) is 0 Å². The second kappa shape index (κ2) is 5.33. The van der Waals surface area contributed by atoms with Gasteiger partial charge in [0.25, 0.3) is 0 Å². The number of hydrogen-bond acceptors (Lipinski definition) is 4. The predicted molar refractivity (Wildman–Crippen MR) is 69.3 cm³/mol. The first-order valence-corrected chi connectivity index (χ1v) is 6.50. The minimum absolute atomic E-state index is 0.0342. The average Bonchev–Trinajstić information content (AvgIpc) is 2.84. The van der Waals surface area contributed by atoms with Crippen molar-refractivity contribution < 1.29 is 14.3 Å². The van der Waals surface area contributed by atoms with Gasteiger partial charge in [0.1, 0.15) is 5.78 Å². The lowest BCUT2D eigenvalue weighted by molar-refractivity contribution is -0.203. The van der Waals surface area contributed by atoms with Gasteiger partial charge in [-0.15, -0.1) is 6.58 Å². The van der Waals surface area contributed by atoms with E-state index in [0.29, 0.717) is 32.5 Å². The van der Waals surface area contributed by atoms with Crippen LogP contribution in [0.15, 0.2) is 17.8 Å². The molecule has 1 saturated carbocycles. The van der Waals surface area contributed by atoms with E-state index in [-0.39, 0.29) is 23.7 Å². The molecular weight excluding hydrogens is 246 g/mol. The molecule has 2 fully saturated rings. The number of rotatable bonds is 4. The molecule has 0 amide bonds. The van der Waals surface area contributed by atoms with Gasteiger partial charge in [-0.25, -0.2) is 0 Å². The molecular formula is C13H19N3O3. The lowest BCUT2D eigenvalue weighted by atomic mass is 9.64. The zero-order valence-electron chi connectivity index (χ0n) is 11.2. The van der Waals surface area contributed by atoms with Crippen LogP contribution < -0.4 is 0 Å². The molecule has 6 heteroatoms. The number of ketones is 1. The van der Waals surface area contributed by atoms with E-state index < -0.39 is 5.79 Å². The van der Waals surface area contributed by atoms with Crippen LogP contribution in [0.4, 0.5) is 0 Å². The molecule has 104 valence electrons. The van der Waals surface area contributed by atoms with Crippen molar-refractivity contribution in [2.75, 3.05) is 19.8 Å². The molecule has 2 aliphatic rings. The lowest BCUT2D eigenvalue weighted by Gasteiger charge is -2.46. The van der Waals surface area contributed by atoms with Crippen LogP contribution in [-0.2, 0) is 14.3 Å². The normalized spacial score (nSPS) is 32.8. The first-order chi connectivity index (χ1) is 9.05. The highest BCUT2D eigenvalue weighted by molar-refractivity contribution is 5.84. The van der Waals surface area contributed by atoms with Crippen LogP contribution in [-0.4, -0.2) is 31.3 Å². The zero-order valence-corrected chi connectivity index (χ0v) is 11.2. The molecule has 0 bridgehead atoms. The van der Waals surface area contributed by atoms with Gasteiger partial charge in [0.05, 0.1) is 19.8 Å². The zero-order chi connectivity index (χ0) is 13.9. The van der Waals surface area contributed by atoms with Crippen LogP contribution in [0.3, 0.4) is 0 Å². The first kappa shape index (κ1) is 14.1. The summed E-state index contributed by atoms with van der Waals surface area (Å²) < 4.78 is 11.4. The van der Waals surface area contributed by atoms with E-state index in [1.807, 2.05) is 6.92 Å². The Morgan fingerprint density at radius 2 is 2.26 bits per heavy atom. The third-order valence-electron chi connectivity index (χ3n) is 4.22. The molecule has 19 heavy (non-hydrogen) atoms. The van der Waals surface area contributed by atoms with E-state index in [2.05, 4.69) is 16.6 Å². The number of ether oxygens (including phenoxy) is 2. The summed E-state index contributed by atoms with van der Waals surface area (Å²) >= 11 is 0. The fourth-order valence-electron chi connectivity index (χ4n) is 3.18. The summed E-state index contributed by atoms with van der Waals surface area (Å²) in [5.74, 6) is -0.778. The van der Waals surface area contributed by atoms with Gasteiger partial charge >= 0.3 is 0 Å². The maximum Gasteiger partial charge on any atom is 0.169 e. The summed E-state index contributed by atoms with van der Waals surface area (Å²) in [6.07, 6.45) is 3.79. The van der Waals surface area contributed by atoms with Gasteiger partial charge < -0.3 is 9.47 Å². The lowest BCUT2D eigenvalue weighted by Crippen LogP contribution is -2.47. The van der Waals surface area contributed by atoms with E-state index in [4.69, 9.17) is 15.0 Å². The van der Waals surface area contributed by atoms with E-state index in [1.54, 1.807) is 6.08 Å². The standard InChI is InChI=1S/C13H19N3O3/c1-3-12(2)9-13(18-6-7-19-13)5-4-10(12)11(17)8-15-16-14/h3,10H,1,4-9H2,2H3/t10-,12+/m0/s1. The highest BCUT2D eigenvalue weighted by Crippen LogP contribution is 2.49. The molecule has 2 rings (SSSR count). The SMILES string of the molecule is C=C[C@]1(C)CC2(CC[C@H]1C(=O)CN=[N+]=[N-])OCCO2. The first-order valence-electron chi connectivity index (χ1n) is 6.50. The van der Waals surface area contributed by atoms with Crippen LogP contribution in [0.1, 0.15) is 26.2 Å². The number of Topliss-reactive ketones (excluding diaryl/α,β-unsaturated/α-hetero) is 1. The Balaban J connectivity index is 2.15. The Labute approximate surface area is 112 Å². The molecule has 0 aromatic rings. The molecule has 6 nitrogen and oxygen atoms in total. The summed E-state index contributed by atoms with van der Waals surface area (Å²) in [7, 11) is 0.